The van der Waals surface area contributed by atoms with E-state index in [4.69, 9.17) is 5.11 Å². The molecule has 0 aliphatic heterocycles. The molecule has 17 heavy (non-hydrogen) atoms. The van der Waals surface area contributed by atoms with E-state index in [0.717, 1.165) is 30.3 Å². The molecule has 0 atom stereocenters. The summed E-state index contributed by atoms with van der Waals surface area (Å²) >= 11 is 0. The van der Waals surface area contributed by atoms with E-state index in [2.05, 4.69) is 0 Å². The number of rotatable bonds is 3. The Balaban J connectivity index is 2.88. The summed E-state index contributed by atoms with van der Waals surface area (Å²) in [4.78, 5) is 21.4. The van der Waals surface area contributed by atoms with Gasteiger partial charge in [-0.15, -0.1) is 0 Å². The van der Waals surface area contributed by atoms with Crippen LogP contribution in [0.1, 0.15) is 15.9 Å². The van der Waals surface area contributed by atoms with Gasteiger partial charge in [-0.2, -0.15) is 13.2 Å². The fourth-order valence-corrected chi connectivity index (χ4v) is 1.07. The summed E-state index contributed by atoms with van der Waals surface area (Å²) in [6.07, 6.45) is -3.05. The normalized spacial score (nSPS) is 11.7. The first-order chi connectivity index (χ1) is 7.80. The van der Waals surface area contributed by atoms with Crippen LogP contribution in [-0.2, 0) is 11.0 Å². The first-order valence-electron chi connectivity index (χ1n) is 4.43. The zero-order chi connectivity index (χ0) is 13.1. The Morgan fingerprint density at radius 1 is 1.06 bits per heavy atom. The first-order valence-corrected chi connectivity index (χ1v) is 4.43. The molecule has 0 aliphatic carbocycles. The number of aliphatic carboxylic acids is 1. The monoisotopic (exact) mass is 244 g/mol. The predicted octanol–water partition coefficient (Wildman–Crippen LogP) is 2.53. The number of carbonyl (C=O) groups is 2. The van der Waals surface area contributed by atoms with Gasteiger partial charge in [-0.3, -0.25) is 4.79 Å². The molecule has 0 saturated heterocycles. The Hall–Kier alpha value is -2.11. The number of benzene rings is 1. The van der Waals surface area contributed by atoms with E-state index in [1.165, 1.54) is 0 Å². The molecule has 6 heteroatoms. The van der Waals surface area contributed by atoms with E-state index in [9.17, 15) is 22.8 Å². The van der Waals surface area contributed by atoms with E-state index in [0.29, 0.717) is 6.08 Å². The van der Waals surface area contributed by atoms with Crippen molar-refractivity contribution in [2.75, 3.05) is 0 Å². The van der Waals surface area contributed by atoms with Crippen LogP contribution < -0.4 is 0 Å². The highest BCUT2D eigenvalue weighted by molar-refractivity contribution is 6.06. The van der Waals surface area contributed by atoms with Crippen molar-refractivity contribution in [2.24, 2.45) is 0 Å². The third-order valence-electron chi connectivity index (χ3n) is 1.87. The summed E-state index contributed by atoms with van der Waals surface area (Å²) in [5.41, 5.74) is -0.869. The molecule has 0 bridgehead atoms. The maximum atomic E-state index is 12.2. The standard InChI is InChI=1S/C11H7F3O3/c12-11(13,14)8-3-1-7(2-4-8)9(15)5-6-10(16)17/h1-6H,(H,16,17)/b6-5+. The van der Waals surface area contributed by atoms with Crippen molar-refractivity contribution in [2.45, 2.75) is 6.18 Å². The molecule has 0 spiro atoms. The lowest BCUT2D eigenvalue weighted by Gasteiger charge is -2.06. The van der Waals surface area contributed by atoms with Gasteiger partial charge in [0.1, 0.15) is 0 Å². The highest BCUT2D eigenvalue weighted by Crippen LogP contribution is 2.29. The quantitative estimate of drug-likeness (QED) is 0.656. The summed E-state index contributed by atoms with van der Waals surface area (Å²) in [5, 5.41) is 8.27. The summed E-state index contributed by atoms with van der Waals surface area (Å²) in [6.45, 7) is 0. The maximum Gasteiger partial charge on any atom is 0.416 e. The average Bonchev–Trinajstić information content (AvgIpc) is 2.25. The van der Waals surface area contributed by atoms with E-state index in [-0.39, 0.29) is 5.56 Å². The Bertz CT molecular complexity index is 458. The number of halogens is 3. The predicted molar refractivity (Wildman–Crippen MR) is 52.6 cm³/mol. The van der Waals surface area contributed by atoms with E-state index in [1.807, 2.05) is 0 Å². The molecular weight excluding hydrogens is 237 g/mol. The average molecular weight is 244 g/mol. The lowest BCUT2D eigenvalue weighted by molar-refractivity contribution is -0.137. The van der Waals surface area contributed by atoms with Crippen LogP contribution in [0.25, 0.3) is 0 Å². The Kier molecular flexibility index (Phi) is 3.67. The van der Waals surface area contributed by atoms with Crippen molar-refractivity contribution >= 4 is 11.8 Å². The molecule has 1 aromatic rings. The minimum atomic E-state index is -4.46. The van der Waals surface area contributed by atoms with Crippen molar-refractivity contribution in [3.05, 3.63) is 47.5 Å². The number of ketones is 1. The van der Waals surface area contributed by atoms with Gasteiger partial charge in [-0.05, 0) is 18.2 Å². The molecule has 1 rings (SSSR count). The zero-order valence-corrected chi connectivity index (χ0v) is 8.36. The fourth-order valence-electron chi connectivity index (χ4n) is 1.07. The highest BCUT2D eigenvalue weighted by atomic mass is 19.4. The van der Waals surface area contributed by atoms with Gasteiger partial charge in [0.2, 0.25) is 0 Å². The van der Waals surface area contributed by atoms with Crippen LogP contribution in [0.2, 0.25) is 0 Å². The molecule has 0 heterocycles. The first kappa shape index (κ1) is 13.0. The van der Waals surface area contributed by atoms with Crippen LogP contribution in [0, 0.1) is 0 Å². The fraction of sp³-hybridized carbons (Fsp3) is 0.0909. The topological polar surface area (TPSA) is 54.4 Å². The van der Waals surface area contributed by atoms with Crippen LogP contribution in [0.5, 0.6) is 0 Å². The van der Waals surface area contributed by atoms with Gasteiger partial charge in [0.15, 0.2) is 5.78 Å². The smallest absolute Gasteiger partial charge is 0.416 e. The van der Waals surface area contributed by atoms with Gasteiger partial charge in [0.25, 0.3) is 0 Å². The number of allylic oxidation sites excluding steroid dienone is 1. The van der Waals surface area contributed by atoms with Gasteiger partial charge >= 0.3 is 12.1 Å². The SMILES string of the molecule is O=C(O)/C=C/C(=O)c1ccc(C(F)(F)F)cc1. The van der Waals surface area contributed by atoms with Gasteiger partial charge < -0.3 is 5.11 Å². The van der Waals surface area contributed by atoms with Crippen LogP contribution in [-0.4, -0.2) is 16.9 Å². The number of alkyl halides is 3. The van der Waals surface area contributed by atoms with Crippen molar-refractivity contribution in [3.63, 3.8) is 0 Å². The summed E-state index contributed by atoms with van der Waals surface area (Å²) in [5.74, 6) is -1.97. The van der Waals surface area contributed by atoms with E-state index < -0.39 is 23.5 Å². The van der Waals surface area contributed by atoms with Crippen LogP contribution in [0.4, 0.5) is 13.2 Å². The van der Waals surface area contributed by atoms with Crippen LogP contribution in [0.15, 0.2) is 36.4 Å². The molecule has 1 N–H and O–H groups in total. The van der Waals surface area contributed by atoms with E-state index in [1.54, 1.807) is 0 Å². The largest absolute Gasteiger partial charge is 0.478 e. The van der Waals surface area contributed by atoms with Gasteiger partial charge in [0.05, 0.1) is 5.56 Å². The number of hydrogen-bond donors (Lipinski definition) is 1. The molecule has 0 unspecified atom stereocenters. The van der Waals surface area contributed by atoms with Gasteiger partial charge in [-0.25, -0.2) is 4.79 Å². The summed E-state index contributed by atoms with van der Waals surface area (Å²) in [7, 11) is 0. The Morgan fingerprint density at radius 3 is 2.00 bits per heavy atom. The van der Waals surface area contributed by atoms with Crippen molar-refractivity contribution in [3.8, 4) is 0 Å². The van der Waals surface area contributed by atoms with Crippen LogP contribution >= 0.6 is 0 Å². The Morgan fingerprint density at radius 2 is 1.59 bits per heavy atom. The number of carbonyl (C=O) groups excluding carboxylic acids is 1. The molecule has 1 aromatic carbocycles. The molecule has 0 saturated carbocycles. The summed E-state index contributed by atoms with van der Waals surface area (Å²) in [6, 6.07) is 3.53. The molecule has 0 radical (unpaired) electrons. The second kappa shape index (κ2) is 4.82. The van der Waals surface area contributed by atoms with Crippen molar-refractivity contribution in [1.82, 2.24) is 0 Å². The second-order valence-corrected chi connectivity index (χ2v) is 3.11. The zero-order valence-electron chi connectivity index (χ0n) is 8.36. The molecule has 0 aliphatic rings. The number of hydrogen-bond acceptors (Lipinski definition) is 2. The number of carboxylic acid groups (broad SMARTS) is 1. The molecule has 0 fully saturated rings. The Labute approximate surface area is 94.2 Å². The van der Waals surface area contributed by atoms with Crippen molar-refractivity contribution < 1.29 is 27.9 Å². The molecule has 0 aromatic heterocycles. The molecular formula is C11H7F3O3. The van der Waals surface area contributed by atoms with Crippen LogP contribution in [0.3, 0.4) is 0 Å². The lowest BCUT2D eigenvalue weighted by atomic mass is 10.1. The summed E-state index contributed by atoms with van der Waals surface area (Å²) < 4.78 is 36.6. The number of carboxylic acids is 1. The van der Waals surface area contributed by atoms with E-state index >= 15 is 0 Å². The maximum absolute atomic E-state index is 12.2. The van der Waals surface area contributed by atoms with Gasteiger partial charge in [-0.1, -0.05) is 12.1 Å². The molecule has 90 valence electrons. The van der Waals surface area contributed by atoms with Gasteiger partial charge in [0, 0.05) is 11.6 Å². The third-order valence-corrected chi connectivity index (χ3v) is 1.87. The minimum absolute atomic E-state index is 0.00417. The van der Waals surface area contributed by atoms with Crippen molar-refractivity contribution in [1.29, 1.82) is 0 Å². The highest BCUT2D eigenvalue weighted by Gasteiger charge is 2.30. The third kappa shape index (κ3) is 3.75. The lowest BCUT2D eigenvalue weighted by Crippen LogP contribution is -2.05. The minimum Gasteiger partial charge on any atom is -0.478 e. The second-order valence-electron chi connectivity index (χ2n) is 3.11. The molecule has 0 amide bonds. The molecule has 3 nitrogen and oxygen atoms in total.